The highest BCUT2D eigenvalue weighted by molar-refractivity contribution is 5.71. The van der Waals surface area contributed by atoms with Crippen LogP contribution in [0.4, 0.5) is 0 Å². The molecular weight excluding hydrogens is 362 g/mol. The number of methoxy groups -OCH3 is 3. The second-order valence-electron chi connectivity index (χ2n) is 6.88. The molecule has 1 N–H and O–H groups in total. The molecule has 8 nitrogen and oxygen atoms in total. The summed E-state index contributed by atoms with van der Waals surface area (Å²) in [5, 5.41) is 13.3. The maximum Gasteiger partial charge on any atom is 0.241 e. The van der Waals surface area contributed by atoms with Crippen molar-refractivity contribution in [1.29, 1.82) is 0 Å². The fraction of sp³-hybridized carbons (Fsp3) is 0.600. The fourth-order valence-corrected chi connectivity index (χ4v) is 3.80. The zero-order chi connectivity index (χ0) is 19.9. The zero-order valence-electron chi connectivity index (χ0n) is 16.8. The summed E-state index contributed by atoms with van der Waals surface area (Å²) in [5.74, 6) is 2.60. The molecule has 8 heteroatoms. The van der Waals surface area contributed by atoms with Gasteiger partial charge in [0.1, 0.15) is 0 Å². The van der Waals surface area contributed by atoms with Crippen molar-refractivity contribution in [2.75, 3.05) is 34.5 Å². The number of nitrogens with zero attached hydrogens (tertiary/aromatic N) is 3. The summed E-state index contributed by atoms with van der Waals surface area (Å²) in [7, 11) is 4.71. The van der Waals surface area contributed by atoms with E-state index in [1.54, 1.807) is 27.4 Å². The Bertz CT molecular complexity index is 764. The second kappa shape index (κ2) is 9.75. The number of ether oxygens (including phenoxy) is 3. The van der Waals surface area contributed by atoms with Crippen molar-refractivity contribution in [3.8, 4) is 28.6 Å². The van der Waals surface area contributed by atoms with Crippen LogP contribution in [0.1, 0.15) is 38.0 Å². The van der Waals surface area contributed by atoms with Gasteiger partial charge in [-0.25, -0.2) is 0 Å². The van der Waals surface area contributed by atoms with Crippen LogP contribution in [0.25, 0.3) is 11.4 Å². The first kappa shape index (κ1) is 20.4. The van der Waals surface area contributed by atoms with Crippen LogP contribution in [0.3, 0.4) is 0 Å². The van der Waals surface area contributed by atoms with Gasteiger partial charge in [-0.2, -0.15) is 4.98 Å². The molecule has 0 unspecified atom stereocenters. The van der Waals surface area contributed by atoms with E-state index in [9.17, 15) is 0 Å². The van der Waals surface area contributed by atoms with E-state index in [1.807, 2.05) is 6.07 Å². The van der Waals surface area contributed by atoms with E-state index in [4.69, 9.17) is 23.8 Å². The van der Waals surface area contributed by atoms with E-state index in [0.29, 0.717) is 47.1 Å². The van der Waals surface area contributed by atoms with Gasteiger partial charge in [-0.15, -0.1) is 0 Å². The van der Waals surface area contributed by atoms with Crippen LogP contribution in [0.2, 0.25) is 0 Å². The van der Waals surface area contributed by atoms with Gasteiger partial charge in [0.2, 0.25) is 17.5 Å². The Kier molecular flexibility index (Phi) is 7.11. The van der Waals surface area contributed by atoms with E-state index in [0.717, 1.165) is 25.8 Å². The van der Waals surface area contributed by atoms with Gasteiger partial charge in [0.25, 0.3) is 0 Å². The molecule has 2 aromatic rings. The molecule has 0 bridgehead atoms. The van der Waals surface area contributed by atoms with Gasteiger partial charge in [-0.1, -0.05) is 11.6 Å². The van der Waals surface area contributed by atoms with Crippen molar-refractivity contribution < 1.29 is 23.8 Å². The SMILES string of the molecule is COc1ccc(-c2noc(CN3CCCC[C@H]3CCCO)n2)c(OC)c1OC. The standard InChI is InChI=1S/C20H29N3O5/c1-25-16-10-9-15(18(26-2)19(16)27-3)20-21-17(28-22-20)13-23-11-5-4-7-14(23)8-6-12-24/h9-10,14,24H,4-8,11-13H2,1-3H3/t14-/m0/s1. The average Bonchev–Trinajstić information content (AvgIpc) is 3.20. The summed E-state index contributed by atoms with van der Waals surface area (Å²) >= 11 is 0. The molecule has 1 aromatic heterocycles. The van der Waals surface area contributed by atoms with E-state index < -0.39 is 0 Å². The summed E-state index contributed by atoms with van der Waals surface area (Å²) < 4.78 is 21.8. The Hall–Kier alpha value is -2.32. The van der Waals surface area contributed by atoms with Crippen molar-refractivity contribution in [3.05, 3.63) is 18.0 Å². The van der Waals surface area contributed by atoms with Crippen LogP contribution in [0, 0.1) is 0 Å². The van der Waals surface area contributed by atoms with Gasteiger partial charge in [0.15, 0.2) is 11.5 Å². The maximum atomic E-state index is 9.14. The molecule has 1 saturated heterocycles. The third kappa shape index (κ3) is 4.39. The Balaban J connectivity index is 1.80. The van der Waals surface area contributed by atoms with E-state index >= 15 is 0 Å². The maximum absolute atomic E-state index is 9.14. The average molecular weight is 391 g/mol. The van der Waals surface area contributed by atoms with Crippen LogP contribution in [-0.2, 0) is 6.54 Å². The van der Waals surface area contributed by atoms with Crippen molar-refractivity contribution in [1.82, 2.24) is 15.0 Å². The van der Waals surface area contributed by atoms with Gasteiger partial charge in [-0.05, 0) is 44.4 Å². The van der Waals surface area contributed by atoms with Crippen molar-refractivity contribution in [2.24, 2.45) is 0 Å². The summed E-state index contributed by atoms with van der Waals surface area (Å²) in [4.78, 5) is 6.96. The molecule has 0 radical (unpaired) electrons. The number of aromatic nitrogens is 2. The van der Waals surface area contributed by atoms with Gasteiger partial charge in [0, 0.05) is 12.6 Å². The lowest BCUT2D eigenvalue weighted by Gasteiger charge is -2.34. The first-order chi connectivity index (χ1) is 13.7. The molecule has 1 aliphatic heterocycles. The molecule has 3 rings (SSSR count). The summed E-state index contributed by atoms with van der Waals surface area (Å²) in [6, 6.07) is 4.08. The van der Waals surface area contributed by atoms with Crippen LogP contribution in [-0.4, -0.2) is 60.7 Å². The van der Waals surface area contributed by atoms with E-state index in [-0.39, 0.29) is 6.61 Å². The summed E-state index contributed by atoms with van der Waals surface area (Å²) in [6.07, 6.45) is 5.34. The molecule has 1 fully saturated rings. The van der Waals surface area contributed by atoms with Gasteiger partial charge < -0.3 is 23.8 Å². The molecule has 1 atom stereocenters. The van der Waals surface area contributed by atoms with Gasteiger partial charge in [-0.3, -0.25) is 4.90 Å². The van der Waals surface area contributed by atoms with Gasteiger partial charge in [0.05, 0.1) is 33.4 Å². The molecule has 1 aromatic carbocycles. The molecule has 0 saturated carbocycles. The monoisotopic (exact) mass is 391 g/mol. The quantitative estimate of drug-likeness (QED) is 0.698. The van der Waals surface area contributed by atoms with Crippen LogP contribution in [0.5, 0.6) is 17.2 Å². The number of aliphatic hydroxyl groups excluding tert-OH is 1. The predicted octanol–water partition coefficient (Wildman–Crippen LogP) is 2.89. The minimum atomic E-state index is 0.230. The molecule has 1 aliphatic rings. The smallest absolute Gasteiger partial charge is 0.241 e. The first-order valence-corrected chi connectivity index (χ1v) is 9.68. The number of hydrogen-bond donors (Lipinski definition) is 1. The normalized spacial score (nSPS) is 17.5. The number of aliphatic hydroxyl groups is 1. The number of rotatable bonds is 9. The Morgan fingerprint density at radius 1 is 1.14 bits per heavy atom. The highest BCUT2D eigenvalue weighted by atomic mass is 16.5. The molecule has 28 heavy (non-hydrogen) atoms. The Morgan fingerprint density at radius 3 is 2.68 bits per heavy atom. The topological polar surface area (TPSA) is 90.1 Å². The largest absolute Gasteiger partial charge is 0.493 e. The molecule has 2 heterocycles. The van der Waals surface area contributed by atoms with Crippen molar-refractivity contribution >= 4 is 0 Å². The number of hydrogen-bond acceptors (Lipinski definition) is 8. The van der Waals surface area contributed by atoms with E-state index in [1.165, 1.54) is 12.8 Å². The number of likely N-dealkylation sites (tertiary alicyclic amines) is 1. The van der Waals surface area contributed by atoms with Crippen molar-refractivity contribution in [3.63, 3.8) is 0 Å². The number of piperidine rings is 1. The Morgan fingerprint density at radius 2 is 1.96 bits per heavy atom. The molecule has 0 aliphatic carbocycles. The third-order valence-electron chi connectivity index (χ3n) is 5.20. The first-order valence-electron chi connectivity index (χ1n) is 9.68. The van der Waals surface area contributed by atoms with Crippen LogP contribution >= 0.6 is 0 Å². The van der Waals surface area contributed by atoms with Crippen LogP contribution in [0.15, 0.2) is 16.7 Å². The molecule has 0 amide bonds. The minimum absolute atomic E-state index is 0.230. The number of benzene rings is 1. The minimum Gasteiger partial charge on any atom is -0.493 e. The summed E-state index contributed by atoms with van der Waals surface area (Å²) in [5.41, 5.74) is 0.686. The zero-order valence-corrected chi connectivity index (χ0v) is 16.8. The molecule has 0 spiro atoms. The Labute approximate surface area is 165 Å². The molecule has 154 valence electrons. The lowest BCUT2D eigenvalue weighted by atomic mass is 9.98. The predicted molar refractivity (Wildman–Crippen MR) is 104 cm³/mol. The second-order valence-corrected chi connectivity index (χ2v) is 6.88. The highest BCUT2D eigenvalue weighted by Crippen LogP contribution is 2.43. The van der Waals surface area contributed by atoms with Gasteiger partial charge >= 0.3 is 0 Å². The van der Waals surface area contributed by atoms with E-state index in [2.05, 4.69) is 15.0 Å². The summed E-state index contributed by atoms with van der Waals surface area (Å²) in [6.45, 7) is 1.85. The van der Waals surface area contributed by atoms with Crippen molar-refractivity contribution in [2.45, 2.75) is 44.7 Å². The fourth-order valence-electron chi connectivity index (χ4n) is 3.80. The highest BCUT2D eigenvalue weighted by Gasteiger charge is 2.25. The lowest BCUT2D eigenvalue weighted by Crippen LogP contribution is -2.39. The lowest BCUT2D eigenvalue weighted by molar-refractivity contribution is 0.110. The van der Waals surface area contributed by atoms with Crippen LogP contribution < -0.4 is 14.2 Å². The molecular formula is C20H29N3O5. The third-order valence-corrected chi connectivity index (χ3v) is 5.20.